The lowest BCUT2D eigenvalue weighted by atomic mass is 10.1. The molecule has 12 heavy (non-hydrogen) atoms. The molecule has 0 amide bonds. The number of benzene rings is 1. The van der Waals surface area contributed by atoms with Gasteiger partial charge in [0.1, 0.15) is 5.75 Å². The number of hydrogen-bond donors (Lipinski definition) is 1. The van der Waals surface area contributed by atoms with Crippen LogP contribution >= 0.6 is 0 Å². The van der Waals surface area contributed by atoms with Gasteiger partial charge in [0.15, 0.2) is 0 Å². The van der Waals surface area contributed by atoms with Crippen molar-refractivity contribution in [2.45, 2.75) is 19.4 Å². The smallest absolute Gasteiger partial charge is 0.122 e. The molecule has 0 unspecified atom stereocenters. The first-order valence-corrected chi connectivity index (χ1v) is 4.21. The quantitative estimate of drug-likeness (QED) is 0.684. The third-order valence-electron chi connectivity index (χ3n) is 2.20. The van der Waals surface area contributed by atoms with Crippen LogP contribution in [0, 0.1) is 0 Å². The molecule has 0 fully saturated rings. The van der Waals surface area contributed by atoms with Gasteiger partial charge in [0.25, 0.3) is 0 Å². The fourth-order valence-electron chi connectivity index (χ4n) is 1.47. The van der Waals surface area contributed by atoms with E-state index in [9.17, 15) is 5.11 Å². The minimum atomic E-state index is -0.379. The molecule has 0 spiro atoms. The van der Waals surface area contributed by atoms with E-state index in [0.29, 0.717) is 0 Å². The Hall–Kier alpha value is -1.02. The topological polar surface area (TPSA) is 29.5 Å². The molecule has 64 valence electrons. The SMILES string of the molecule is C[C@@H](O)c1ccc2c(c1)CCO2. The van der Waals surface area contributed by atoms with Gasteiger partial charge in [-0.2, -0.15) is 0 Å². The molecule has 1 N–H and O–H groups in total. The molecule has 0 bridgehead atoms. The van der Waals surface area contributed by atoms with Gasteiger partial charge in [-0.15, -0.1) is 0 Å². The maximum absolute atomic E-state index is 9.31. The maximum atomic E-state index is 9.31. The van der Waals surface area contributed by atoms with Gasteiger partial charge in [0, 0.05) is 6.42 Å². The zero-order valence-electron chi connectivity index (χ0n) is 7.08. The summed E-state index contributed by atoms with van der Waals surface area (Å²) in [6, 6.07) is 5.87. The summed E-state index contributed by atoms with van der Waals surface area (Å²) in [7, 11) is 0. The molecule has 2 rings (SSSR count). The van der Waals surface area contributed by atoms with E-state index in [1.165, 1.54) is 5.56 Å². The van der Waals surface area contributed by atoms with Crippen LogP contribution in [0.2, 0.25) is 0 Å². The number of aliphatic hydroxyl groups is 1. The second-order valence-corrected chi connectivity index (χ2v) is 3.14. The maximum Gasteiger partial charge on any atom is 0.122 e. The van der Waals surface area contributed by atoms with E-state index in [1.54, 1.807) is 6.92 Å². The number of ether oxygens (including phenoxy) is 1. The molecule has 2 heteroatoms. The van der Waals surface area contributed by atoms with Crippen molar-refractivity contribution >= 4 is 0 Å². The minimum absolute atomic E-state index is 0.379. The molecule has 1 aliphatic rings. The van der Waals surface area contributed by atoms with E-state index in [2.05, 4.69) is 0 Å². The van der Waals surface area contributed by atoms with Crippen LogP contribution in [0.5, 0.6) is 5.75 Å². The zero-order valence-corrected chi connectivity index (χ0v) is 7.08. The standard InChI is InChI=1S/C10H12O2/c1-7(11)8-2-3-10-9(6-8)4-5-12-10/h2-3,6-7,11H,4-5H2,1H3/t7-/m1/s1. The van der Waals surface area contributed by atoms with Gasteiger partial charge in [0.05, 0.1) is 12.7 Å². The van der Waals surface area contributed by atoms with E-state index in [1.807, 2.05) is 18.2 Å². The molecule has 0 aliphatic carbocycles. The Morgan fingerprint density at radius 2 is 2.33 bits per heavy atom. The Balaban J connectivity index is 2.39. The molecule has 0 saturated heterocycles. The number of hydrogen-bond acceptors (Lipinski definition) is 2. The predicted molar refractivity (Wildman–Crippen MR) is 46.3 cm³/mol. The highest BCUT2D eigenvalue weighted by Crippen LogP contribution is 2.27. The fraction of sp³-hybridized carbons (Fsp3) is 0.400. The van der Waals surface area contributed by atoms with Gasteiger partial charge < -0.3 is 9.84 Å². The molecule has 1 aromatic rings. The largest absolute Gasteiger partial charge is 0.493 e. The molecule has 1 atom stereocenters. The summed E-state index contributed by atoms with van der Waals surface area (Å²) in [6.07, 6.45) is 0.589. The molecule has 1 aromatic carbocycles. The van der Waals surface area contributed by atoms with Crippen molar-refractivity contribution in [2.24, 2.45) is 0 Å². The van der Waals surface area contributed by atoms with Crippen LogP contribution in [0.4, 0.5) is 0 Å². The lowest BCUT2D eigenvalue weighted by Crippen LogP contribution is -1.91. The Kier molecular flexibility index (Phi) is 1.77. The Morgan fingerprint density at radius 1 is 1.50 bits per heavy atom. The van der Waals surface area contributed by atoms with Crippen LogP contribution in [0.1, 0.15) is 24.2 Å². The van der Waals surface area contributed by atoms with E-state index in [0.717, 1.165) is 24.3 Å². The number of fused-ring (bicyclic) bond motifs is 1. The van der Waals surface area contributed by atoms with Crippen LogP contribution in [-0.2, 0) is 6.42 Å². The van der Waals surface area contributed by atoms with Gasteiger partial charge in [0.2, 0.25) is 0 Å². The molecular weight excluding hydrogens is 152 g/mol. The highest BCUT2D eigenvalue weighted by molar-refractivity contribution is 5.40. The van der Waals surface area contributed by atoms with Crippen molar-refractivity contribution in [3.05, 3.63) is 29.3 Å². The molecule has 1 aliphatic heterocycles. The summed E-state index contributed by atoms with van der Waals surface area (Å²) in [4.78, 5) is 0. The second kappa shape index (κ2) is 2.79. The van der Waals surface area contributed by atoms with E-state index < -0.39 is 0 Å². The predicted octanol–water partition coefficient (Wildman–Crippen LogP) is 1.67. The number of aliphatic hydroxyl groups excluding tert-OH is 1. The average Bonchev–Trinajstić information content (AvgIpc) is 2.49. The van der Waals surface area contributed by atoms with E-state index >= 15 is 0 Å². The molecule has 0 aromatic heterocycles. The Morgan fingerprint density at radius 3 is 3.08 bits per heavy atom. The lowest BCUT2D eigenvalue weighted by Gasteiger charge is -2.05. The highest BCUT2D eigenvalue weighted by atomic mass is 16.5. The van der Waals surface area contributed by atoms with Gasteiger partial charge in [-0.3, -0.25) is 0 Å². The molecular formula is C10H12O2. The van der Waals surface area contributed by atoms with E-state index in [4.69, 9.17) is 4.74 Å². The first-order chi connectivity index (χ1) is 5.77. The van der Waals surface area contributed by atoms with E-state index in [-0.39, 0.29) is 6.10 Å². The first kappa shape index (κ1) is 7.62. The third kappa shape index (κ3) is 1.18. The van der Waals surface area contributed by atoms with Crippen molar-refractivity contribution < 1.29 is 9.84 Å². The minimum Gasteiger partial charge on any atom is -0.493 e. The summed E-state index contributed by atoms with van der Waals surface area (Å²) < 4.78 is 5.35. The molecule has 0 saturated carbocycles. The van der Waals surface area contributed by atoms with Crippen LogP contribution < -0.4 is 4.74 Å². The highest BCUT2D eigenvalue weighted by Gasteiger charge is 2.12. The van der Waals surface area contributed by atoms with Crippen LogP contribution in [0.15, 0.2) is 18.2 Å². The Bertz CT molecular complexity index is 292. The normalized spacial score (nSPS) is 16.8. The fourth-order valence-corrected chi connectivity index (χ4v) is 1.47. The van der Waals surface area contributed by atoms with Gasteiger partial charge in [-0.05, 0) is 30.2 Å². The molecule has 2 nitrogen and oxygen atoms in total. The first-order valence-electron chi connectivity index (χ1n) is 4.21. The van der Waals surface area contributed by atoms with Gasteiger partial charge in [-0.25, -0.2) is 0 Å². The Labute approximate surface area is 71.8 Å². The monoisotopic (exact) mass is 164 g/mol. The van der Waals surface area contributed by atoms with Gasteiger partial charge in [-0.1, -0.05) is 6.07 Å². The van der Waals surface area contributed by atoms with Crippen LogP contribution in [0.3, 0.4) is 0 Å². The average molecular weight is 164 g/mol. The van der Waals surface area contributed by atoms with Crippen LogP contribution in [0.25, 0.3) is 0 Å². The zero-order chi connectivity index (χ0) is 8.55. The summed E-state index contributed by atoms with van der Waals surface area (Å²) in [6.45, 7) is 2.55. The molecule has 1 heterocycles. The van der Waals surface area contributed by atoms with Crippen molar-refractivity contribution in [3.63, 3.8) is 0 Å². The summed E-state index contributed by atoms with van der Waals surface area (Å²) >= 11 is 0. The van der Waals surface area contributed by atoms with Crippen molar-refractivity contribution in [2.75, 3.05) is 6.61 Å². The van der Waals surface area contributed by atoms with Crippen LogP contribution in [-0.4, -0.2) is 11.7 Å². The second-order valence-electron chi connectivity index (χ2n) is 3.14. The molecule has 0 radical (unpaired) electrons. The van der Waals surface area contributed by atoms with Crippen molar-refractivity contribution in [3.8, 4) is 5.75 Å². The van der Waals surface area contributed by atoms with Crippen molar-refractivity contribution in [1.82, 2.24) is 0 Å². The summed E-state index contributed by atoms with van der Waals surface area (Å²) in [5, 5.41) is 9.31. The third-order valence-corrected chi connectivity index (χ3v) is 2.20. The number of rotatable bonds is 1. The van der Waals surface area contributed by atoms with Gasteiger partial charge >= 0.3 is 0 Å². The van der Waals surface area contributed by atoms with Crippen molar-refractivity contribution in [1.29, 1.82) is 0 Å². The lowest BCUT2D eigenvalue weighted by molar-refractivity contribution is 0.199. The summed E-state index contributed by atoms with van der Waals surface area (Å²) in [5.41, 5.74) is 2.19. The summed E-state index contributed by atoms with van der Waals surface area (Å²) in [5.74, 6) is 0.972.